The first-order valence-corrected chi connectivity index (χ1v) is 13.8. The van der Waals surface area contributed by atoms with E-state index in [0.29, 0.717) is 62.8 Å². The average Bonchev–Trinajstić information content (AvgIpc) is 3.70. The fraction of sp³-hybridized carbons (Fsp3) is 0.355. The standard InChI is InChI=1S/C31H31F2N5O3/c1-16(2)10-24-29(30(34)40)28(21-13-35-38(31(21)36-24)17(3)19-5-6-19)20-7-9-25-26(12-20)41-15-27(39)37(25)14-18-4-8-22(32)23(33)11-18/h4,7-9,11-13,16-17,19H,5-6,10,14-15H2,1-3H3,(H2,34,40). The van der Waals surface area contributed by atoms with Gasteiger partial charge in [0.15, 0.2) is 23.9 Å². The molecule has 6 rings (SSSR count). The first-order valence-electron chi connectivity index (χ1n) is 13.8. The van der Waals surface area contributed by atoms with Gasteiger partial charge < -0.3 is 15.4 Å². The summed E-state index contributed by atoms with van der Waals surface area (Å²) in [6.07, 6.45) is 4.59. The molecular weight excluding hydrogens is 528 g/mol. The number of ether oxygens (including phenoxy) is 1. The Labute approximate surface area is 236 Å². The zero-order valence-corrected chi connectivity index (χ0v) is 23.2. The maximum absolute atomic E-state index is 13.9. The summed E-state index contributed by atoms with van der Waals surface area (Å²) < 4.78 is 35.1. The van der Waals surface area contributed by atoms with Crippen LogP contribution in [0.1, 0.15) is 61.3 Å². The fourth-order valence-electron chi connectivity index (χ4n) is 5.64. The lowest BCUT2D eigenvalue weighted by Crippen LogP contribution is -2.38. The quantitative estimate of drug-likeness (QED) is 0.304. The van der Waals surface area contributed by atoms with Gasteiger partial charge in [-0.3, -0.25) is 9.59 Å². The summed E-state index contributed by atoms with van der Waals surface area (Å²) in [7, 11) is 0. The minimum atomic E-state index is -0.979. The third kappa shape index (κ3) is 4.92. The van der Waals surface area contributed by atoms with E-state index in [0.717, 1.165) is 25.0 Å². The molecule has 1 saturated carbocycles. The van der Waals surface area contributed by atoms with Gasteiger partial charge in [-0.2, -0.15) is 5.10 Å². The van der Waals surface area contributed by atoms with Gasteiger partial charge in [0.25, 0.3) is 11.8 Å². The number of pyridine rings is 1. The Bertz CT molecular complexity index is 1700. The number of rotatable bonds is 8. The Hall–Kier alpha value is -4.34. The Morgan fingerprint density at radius 3 is 2.59 bits per heavy atom. The number of hydrogen-bond donors (Lipinski definition) is 1. The predicted octanol–water partition coefficient (Wildman–Crippen LogP) is 5.57. The largest absolute Gasteiger partial charge is 0.482 e. The van der Waals surface area contributed by atoms with Crippen LogP contribution in [0.3, 0.4) is 0 Å². The summed E-state index contributed by atoms with van der Waals surface area (Å²) in [6.45, 7) is 6.09. The van der Waals surface area contributed by atoms with Crippen molar-refractivity contribution in [2.75, 3.05) is 11.5 Å². The lowest BCUT2D eigenvalue weighted by atomic mass is 9.92. The second-order valence-electron chi connectivity index (χ2n) is 11.4. The summed E-state index contributed by atoms with van der Waals surface area (Å²) in [5, 5.41) is 5.41. The molecule has 3 heterocycles. The highest BCUT2D eigenvalue weighted by Crippen LogP contribution is 2.43. The van der Waals surface area contributed by atoms with E-state index in [1.807, 2.05) is 4.68 Å². The predicted molar refractivity (Wildman–Crippen MR) is 151 cm³/mol. The van der Waals surface area contributed by atoms with Crippen LogP contribution in [0.15, 0.2) is 42.6 Å². The van der Waals surface area contributed by atoms with Crippen LogP contribution in [-0.4, -0.2) is 33.2 Å². The molecule has 1 fully saturated rings. The number of benzene rings is 2. The van der Waals surface area contributed by atoms with E-state index in [4.69, 9.17) is 20.6 Å². The van der Waals surface area contributed by atoms with Crippen LogP contribution in [0.5, 0.6) is 5.75 Å². The molecular formula is C31H31F2N5O3. The molecule has 2 aliphatic rings. The van der Waals surface area contributed by atoms with Crippen molar-refractivity contribution >= 4 is 28.5 Å². The number of amides is 2. The molecule has 1 unspecified atom stereocenters. The van der Waals surface area contributed by atoms with Gasteiger partial charge in [-0.1, -0.05) is 26.0 Å². The molecule has 0 radical (unpaired) electrons. The normalized spacial score (nSPS) is 15.8. The molecule has 2 amide bonds. The van der Waals surface area contributed by atoms with E-state index in [9.17, 15) is 18.4 Å². The number of aromatic nitrogens is 3. The van der Waals surface area contributed by atoms with Crippen molar-refractivity contribution in [3.63, 3.8) is 0 Å². The zero-order chi connectivity index (χ0) is 29.0. The van der Waals surface area contributed by atoms with Gasteiger partial charge in [-0.25, -0.2) is 18.4 Å². The number of hydrogen-bond acceptors (Lipinski definition) is 5. The number of fused-ring (bicyclic) bond motifs is 2. The molecule has 212 valence electrons. The zero-order valence-electron chi connectivity index (χ0n) is 23.2. The van der Waals surface area contributed by atoms with Crippen LogP contribution in [0.25, 0.3) is 22.2 Å². The summed E-state index contributed by atoms with van der Waals surface area (Å²) >= 11 is 0. The van der Waals surface area contributed by atoms with Gasteiger partial charge in [-0.15, -0.1) is 0 Å². The number of primary amides is 1. The van der Waals surface area contributed by atoms with Crippen LogP contribution < -0.4 is 15.4 Å². The molecule has 0 spiro atoms. The molecule has 4 aromatic rings. The Kier molecular flexibility index (Phi) is 6.71. The van der Waals surface area contributed by atoms with Crippen molar-refractivity contribution in [2.24, 2.45) is 17.6 Å². The molecule has 1 atom stereocenters. The number of nitrogens with zero attached hydrogens (tertiary/aromatic N) is 4. The third-order valence-corrected chi connectivity index (χ3v) is 7.87. The van der Waals surface area contributed by atoms with E-state index >= 15 is 0 Å². The van der Waals surface area contributed by atoms with Crippen molar-refractivity contribution in [1.29, 1.82) is 0 Å². The van der Waals surface area contributed by atoms with Gasteiger partial charge in [0.2, 0.25) is 0 Å². The number of halogens is 2. The number of carbonyl (C=O) groups excluding carboxylic acids is 2. The summed E-state index contributed by atoms with van der Waals surface area (Å²) in [4.78, 5) is 32.2. The number of carbonyl (C=O) groups is 2. The molecule has 2 N–H and O–H groups in total. The van der Waals surface area contributed by atoms with Crippen molar-refractivity contribution in [1.82, 2.24) is 14.8 Å². The van der Waals surface area contributed by atoms with E-state index in [2.05, 4.69) is 20.8 Å². The minimum Gasteiger partial charge on any atom is -0.482 e. The van der Waals surface area contributed by atoms with Crippen LogP contribution in [0.2, 0.25) is 0 Å². The summed E-state index contributed by atoms with van der Waals surface area (Å²) in [5.41, 5.74) is 9.88. The van der Waals surface area contributed by atoms with Crippen molar-refractivity contribution in [3.05, 3.63) is 71.1 Å². The Morgan fingerprint density at radius 1 is 1.12 bits per heavy atom. The Balaban J connectivity index is 1.49. The Morgan fingerprint density at radius 2 is 1.90 bits per heavy atom. The van der Waals surface area contributed by atoms with Crippen molar-refractivity contribution in [3.8, 4) is 16.9 Å². The topological polar surface area (TPSA) is 103 Å². The summed E-state index contributed by atoms with van der Waals surface area (Å²) in [6, 6.07) is 9.05. The highest BCUT2D eigenvalue weighted by atomic mass is 19.2. The minimum absolute atomic E-state index is 0.0438. The van der Waals surface area contributed by atoms with Crippen LogP contribution in [-0.2, 0) is 17.8 Å². The second-order valence-corrected chi connectivity index (χ2v) is 11.4. The second kappa shape index (κ2) is 10.2. The van der Waals surface area contributed by atoms with Gasteiger partial charge in [0.05, 0.1) is 35.7 Å². The van der Waals surface area contributed by atoms with Gasteiger partial charge >= 0.3 is 0 Å². The maximum atomic E-state index is 13.9. The third-order valence-electron chi connectivity index (χ3n) is 7.87. The highest BCUT2D eigenvalue weighted by molar-refractivity contribution is 6.09. The van der Waals surface area contributed by atoms with E-state index in [-0.39, 0.29) is 31.0 Å². The first-order chi connectivity index (χ1) is 19.6. The lowest BCUT2D eigenvalue weighted by molar-refractivity contribution is -0.121. The van der Waals surface area contributed by atoms with Crippen LogP contribution in [0.4, 0.5) is 14.5 Å². The van der Waals surface area contributed by atoms with Crippen LogP contribution in [0, 0.1) is 23.5 Å². The molecule has 10 heteroatoms. The monoisotopic (exact) mass is 559 g/mol. The highest BCUT2D eigenvalue weighted by Gasteiger charge is 2.33. The lowest BCUT2D eigenvalue weighted by Gasteiger charge is -2.30. The molecule has 8 nitrogen and oxygen atoms in total. The molecule has 1 aliphatic heterocycles. The summed E-state index contributed by atoms with van der Waals surface area (Å²) in [5.74, 6) is -1.63. The molecule has 2 aromatic carbocycles. The first kappa shape index (κ1) is 26.9. The van der Waals surface area contributed by atoms with Crippen molar-refractivity contribution in [2.45, 2.75) is 52.6 Å². The van der Waals surface area contributed by atoms with Gasteiger partial charge in [0, 0.05) is 10.9 Å². The van der Waals surface area contributed by atoms with Gasteiger partial charge in [0.1, 0.15) is 5.75 Å². The van der Waals surface area contributed by atoms with E-state index in [1.54, 1.807) is 24.4 Å². The van der Waals surface area contributed by atoms with Gasteiger partial charge in [-0.05, 0) is 73.4 Å². The molecule has 2 aromatic heterocycles. The number of nitrogens with two attached hydrogens (primary N) is 1. The number of anilines is 1. The molecule has 1 aliphatic carbocycles. The maximum Gasteiger partial charge on any atom is 0.265 e. The fourth-order valence-corrected chi connectivity index (χ4v) is 5.64. The SMILES string of the molecule is CC(C)Cc1nc2c(cnn2C(C)C2CC2)c(-c2ccc3c(c2)OCC(=O)N3Cc2ccc(F)c(F)c2)c1C(N)=O. The van der Waals surface area contributed by atoms with Crippen LogP contribution >= 0.6 is 0 Å². The molecule has 0 saturated heterocycles. The molecule has 41 heavy (non-hydrogen) atoms. The smallest absolute Gasteiger partial charge is 0.265 e. The molecule has 0 bridgehead atoms. The average molecular weight is 560 g/mol. The van der Waals surface area contributed by atoms with E-state index < -0.39 is 17.5 Å². The van der Waals surface area contributed by atoms with E-state index in [1.165, 1.54) is 11.0 Å². The van der Waals surface area contributed by atoms with Crippen molar-refractivity contribution < 1.29 is 23.1 Å².